The number of hydrogen-bond donors (Lipinski definition) is 2. The Morgan fingerprint density at radius 2 is 2.10 bits per heavy atom. The molecule has 0 aliphatic rings. The minimum Gasteiger partial charge on any atom is -0.493 e. The molecule has 1 aromatic carbocycles. The van der Waals surface area contributed by atoms with E-state index in [1.807, 2.05) is 0 Å². The van der Waals surface area contributed by atoms with Crippen LogP contribution in [0.15, 0.2) is 29.2 Å². The van der Waals surface area contributed by atoms with Gasteiger partial charge in [-0.1, -0.05) is 6.07 Å². The van der Waals surface area contributed by atoms with Gasteiger partial charge in [0.25, 0.3) is 0 Å². The van der Waals surface area contributed by atoms with Crippen LogP contribution in [0.2, 0.25) is 0 Å². The molecule has 0 saturated carbocycles. The molecule has 0 heterocycles. The standard InChI is InChI=1S/C13H19NO5S/c1-13(14-2,12(15)16)7-8-19-10-5-4-6-11(9-10)20(3,17)18/h4-6,9,14H,7-8H2,1-3H3,(H,15,16). The smallest absolute Gasteiger partial charge is 0.323 e. The molecule has 112 valence electrons. The van der Waals surface area contributed by atoms with Gasteiger partial charge in [0.15, 0.2) is 9.84 Å². The zero-order valence-corrected chi connectivity index (χ0v) is 12.5. The zero-order valence-electron chi connectivity index (χ0n) is 11.7. The lowest BCUT2D eigenvalue weighted by atomic mass is 9.99. The summed E-state index contributed by atoms with van der Waals surface area (Å²) < 4.78 is 28.2. The third kappa shape index (κ3) is 4.21. The molecule has 0 bridgehead atoms. The minimum absolute atomic E-state index is 0.164. The number of carboxylic acids is 1. The van der Waals surface area contributed by atoms with Crippen molar-refractivity contribution in [3.05, 3.63) is 24.3 Å². The maximum atomic E-state index is 11.4. The van der Waals surface area contributed by atoms with E-state index < -0.39 is 21.3 Å². The van der Waals surface area contributed by atoms with Gasteiger partial charge in [0.2, 0.25) is 0 Å². The van der Waals surface area contributed by atoms with Crippen LogP contribution >= 0.6 is 0 Å². The van der Waals surface area contributed by atoms with E-state index in [0.29, 0.717) is 5.75 Å². The normalized spacial score (nSPS) is 14.6. The number of rotatable bonds is 7. The Kier molecular flexibility index (Phi) is 5.13. The molecule has 0 aliphatic carbocycles. The number of carboxylic acid groups (broad SMARTS) is 1. The molecule has 0 radical (unpaired) electrons. The fraction of sp³-hybridized carbons (Fsp3) is 0.462. The van der Waals surface area contributed by atoms with Crippen LogP contribution in [-0.4, -0.2) is 44.9 Å². The molecule has 0 spiro atoms. The SMILES string of the molecule is CNC(C)(CCOc1cccc(S(C)(=O)=O)c1)C(=O)O. The van der Waals surface area contributed by atoms with E-state index in [-0.39, 0.29) is 17.9 Å². The highest BCUT2D eigenvalue weighted by atomic mass is 32.2. The molecule has 7 heteroatoms. The Hall–Kier alpha value is -1.60. The Morgan fingerprint density at radius 3 is 2.60 bits per heavy atom. The van der Waals surface area contributed by atoms with E-state index in [0.717, 1.165) is 6.26 Å². The van der Waals surface area contributed by atoms with Crippen LogP contribution < -0.4 is 10.1 Å². The minimum atomic E-state index is -3.28. The number of aliphatic carboxylic acids is 1. The quantitative estimate of drug-likeness (QED) is 0.778. The highest BCUT2D eigenvalue weighted by Crippen LogP contribution is 2.18. The van der Waals surface area contributed by atoms with Crippen LogP contribution in [0, 0.1) is 0 Å². The van der Waals surface area contributed by atoms with E-state index in [1.165, 1.54) is 12.1 Å². The number of benzene rings is 1. The van der Waals surface area contributed by atoms with E-state index in [2.05, 4.69) is 5.32 Å². The lowest BCUT2D eigenvalue weighted by molar-refractivity contribution is -0.144. The van der Waals surface area contributed by atoms with E-state index in [4.69, 9.17) is 9.84 Å². The largest absolute Gasteiger partial charge is 0.493 e. The summed E-state index contributed by atoms with van der Waals surface area (Å²) in [5.41, 5.74) is -1.07. The van der Waals surface area contributed by atoms with Crippen molar-refractivity contribution < 1.29 is 23.1 Å². The summed E-state index contributed by atoms with van der Waals surface area (Å²) in [6.07, 6.45) is 1.37. The van der Waals surface area contributed by atoms with Gasteiger partial charge in [0.1, 0.15) is 11.3 Å². The van der Waals surface area contributed by atoms with Crippen LogP contribution in [0.1, 0.15) is 13.3 Å². The molecule has 0 aromatic heterocycles. The van der Waals surface area contributed by atoms with Crippen LogP contribution in [0.5, 0.6) is 5.75 Å². The van der Waals surface area contributed by atoms with Gasteiger partial charge in [0.05, 0.1) is 11.5 Å². The van der Waals surface area contributed by atoms with Gasteiger partial charge in [-0.25, -0.2) is 8.42 Å². The lowest BCUT2D eigenvalue weighted by Gasteiger charge is -2.23. The third-order valence-corrected chi connectivity index (χ3v) is 4.24. The van der Waals surface area contributed by atoms with Crippen molar-refractivity contribution in [3.63, 3.8) is 0 Å². The first-order valence-electron chi connectivity index (χ1n) is 6.04. The third-order valence-electron chi connectivity index (χ3n) is 3.13. The van der Waals surface area contributed by atoms with Crippen molar-refractivity contribution >= 4 is 15.8 Å². The molecule has 1 aromatic rings. The molecule has 20 heavy (non-hydrogen) atoms. The van der Waals surface area contributed by atoms with Crippen molar-refractivity contribution in [1.29, 1.82) is 0 Å². The highest BCUT2D eigenvalue weighted by molar-refractivity contribution is 7.90. The van der Waals surface area contributed by atoms with Gasteiger partial charge in [-0.15, -0.1) is 0 Å². The topological polar surface area (TPSA) is 92.7 Å². The van der Waals surface area contributed by atoms with Crippen molar-refractivity contribution in [2.24, 2.45) is 0 Å². The molecule has 1 atom stereocenters. The van der Waals surface area contributed by atoms with Gasteiger partial charge >= 0.3 is 5.97 Å². The summed E-state index contributed by atoms with van der Waals surface area (Å²) in [6.45, 7) is 1.72. The fourth-order valence-electron chi connectivity index (χ4n) is 1.51. The average Bonchev–Trinajstić information content (AvgIpc) is 2.37. The predicted molar refractivity (Wildman–Crippen MR) is 74.8 cm³/mol. The summed E-state index contributed by atoms with van der Waals surface area (Å²) >= 11 is 0. The molecule has 1 unspecified atom stereocenters. The summed E-state index contributed by atoms with van der Waals surface area (Å²) in [7, 11) is -1.72. The Bertz CT molecular complexity index is 584. The van der Waals surface area contributed by atoms with Crippen molar-refractivity contribution in [2.75, 3.05) is 19.9 Å². The predicted octanol–water partition coefficient (Wildman–Crippen LogP) is 0.922. The molecule has 0 aliphatic heterocycles. The van der Waals surface area contributed by atoms with Gasteiger partial charge in [0, 0.05) is 12.7 Å². The number of nitrogens with one attached hydrogen (secondary N) is 1. The van der Waals surface area contributed by atoms with Gasteiger partial charge < -0.3 is 15.2 Å². The van der Waals surface area contributed by atoms with Gasteiger partial charge in [-0.3, -0.25) is 4.79 Å². The number of sulfone groups is 1. The van der Waals surface area contributed by atoms with E-state index in [9.17, 15) is 13.2 Å². The summed E-state index contributed by atoms with van der Waals surface area (Å²) in [5.74, 6) is -0.565. The first kappa shape index (κ1) is 16.5. The molecule has 0 fully saturated rings. The number of hydrogen-bond acceptors (Lipinski definition) is 5. The van der Waals surface area contributed by atoms with Crippen molar-refractivity contribution in [3.8, 4) is 5.75 Å². The molecule has 0 amide bonds. The van der Waals surface area contributed by atoms with Crippen LogP contribution in [0.3, 0.4) is 0 Å². The maximum Gasteiger partial charge on any atom is 0.323 e. The molecular formula is C13H19NO5S. The lowest BCUT2D eigenvalue weighted by Crippen LogP contribution is -2.48. The molecule has 1 rings (SSSR count). The second-order valence-corrected chi connectivity index (χ2v) is 6.75. The fourth-order valence-corrected chi connectivity index (χ4v) is 2.16. The Morgan fingerprint density at radius 1 is 1.45 bits per heavy atom. The van der Waals surface area contributed by atoms with Crippen LogP contribution in [-0.2, 0) is 14.6 Å². The maximum absolute atomic E-state index is 11.4. The average molecular weight is 301 g/mol. The second kappa shape index (κ2) is 6.23. The summed E-state index contributed by atoms with van der Waals surface area (Å²) in [6, 6.07) is 6.12. The van der Waals surface area contributed by atoms with E-state index >= 15 is 0 Å². The summed E-state index contributed by atoms with van der Waals surface area (Å²) in [5, 5.41) is 11.8. The van der Waals surface area contributed by atoms with Crippen molar-refractivity contribution in [2.45, 2.75) is 23.8 Å². The molecule has 0 saturated heterocycles. The van der Waals surface area contributed by atoms with Crippen molar-refractivity contribution in [1.82, 2.24) is 5.32 Å². The highest BCUT2D eigenvalue weighted by Gasteiger charge is 2.30. The monoisotopic (exact) mass is 301 g/mol. The first-order chi connectivity index (χ1) is 9.19. The number of likely N-dealkylation sites (N-methyl/N-ethyl adjacent to an activating group) is 1. The summed E-state index contributed by atoms with van der Waals surface area (Å²) in [4.78, 5) is 11.3. The van der Waals surface area contributed by atoms with Gasteiger partial charge in [-0.05, 0) is 32.2 Å². The first-order valence-corrected chi connectivity index (χ1v) is 7.93. The molecule has 6 nitrogen and oxygen atoms in total. The number of ether oxygens (including phenoxy) is 1. The van der Waals surface area contributed by atoms with Crippen LogP contribution in [0.25, 0.3) is 0 Å². The zero-order chi connectivity index (χ0) is 15.4. The van der Waals surface area contributed by atoms with Gasteiger partial charge in [-0.2, -0.15) is 0 Å². The second-order valence-electron chi connectivity index (χ2n) is 4.73. The van der Waals surface area contributed by atoms with E-state index in [1.54, 1.807) is 26.1 Å². The Labute approximate surface area is 118 Å². The molecular weight excluding hydrogens is 282 g/mol. The Balaban J connectivity index is 2.70. The number of carbonyl (C=O) groups is 1. The van der Waals surface area contributed by atoms with Crippen LogP contribution in [0.4, 0.5) is 0 Å². The molecule has 2 N–H and O–H groups in total.